The summed E-state index contributed by atoms with van der Waals surface area (Å²) in [5.74, 6) is 0.287. The van der Waals surface area contributed by atoms with Crippen LogP contribution < -0.4 is 15.8 Å². The van der Waals surface area contributed by atoms with Crippen LogP contribution >= 0.6 is 15.9 Å². The summed E-state index contributed by atoms with van der Waals surface area (Å²) in [7, 11) is 5.71. The second kappa shape index (κ2) is 13.9. The molecule has 2 saturated heterocycles. The van der Waals surface area contributed by atoms with E-state index < -0.39 is 5.91 Å². The number of fused-ring (bicyclic) bond motifs is 1. The molecular formula is C34H40BrN5O4. The Kier molecular flexibility index (Phi) is 10.0. The van der Waals surface area contributed by atoms with Gasteiger partial charge in [0.2, 0.25) is 5.91 Å². The number of hydrogen-bond acceptors (Lipinski definition) is 6. The maximum absolute atomic E-state index is 13.8. The fourth-order valence-corrected chi connectivity index (χ4v) is 6.99. The summed E-state index contributed by atoms with van der Waals surface area (Å²) in [6.45, 7) is 2.82. The zero-order chi connectivity index (χ0) is 31.4. The molecule has 2 aliphatic rings. The summed E-state index contributed by atoms with van der Waals surface area (Å²) >= 11 is 3.55. The standard InChI is InChI=1S/C34H40BrN5O4/c1-38(2)19-22-16-17-40-29(18-31(41)27-6-4-5-7-28(27)33(36)42)32(23-8-10-24(35)11-9-23)30(40)21-39(20-22)34(43)37-25-12-14-26(44-3)15-13-25/h4-15,22,29-30,32H,16-21H2,1-3H3,(H2,36,42)(H,37,43)/t22?,29-,30+,32+/m1/s1. The second-order valence-electron chi connectivity index (χ2n) is 12.0. The molecule has 4 atom stereocenters. The summed E-state index contributed by atoms with van der Waals surface area (Å²) in [4.78, 5) is 46.1. The quantitative estimate of drug-likeness (QED) is 0.310. The number of Topliss-reactive ketones (excluding diaryl/α,β-unsaturated/α-hetero) is 1. The van der Waals surface area contributed by atoms with Gasteiger partial charge in [-0.25, -0.2) is 4.79 Å². The van der Waals surface area contributed by atoms with Gasteiger partial charge in [-0.3, -0.25) is 14.5 Å². The normalized spacial score (nSPS) is 21.9. The summed E-state index contributed by atoms with van der Waals surface area (Å²) in [6, 6.07) is 22.1. The molecule has 0 bridgehead atoms. The van der Waals surface area contributed by atoms with Gasteiger partial charge in [-0.2, -0.15) is 0 Å². The number of nitrogens with one attached hydrogen (secondary N) is 1. The van der Waals surface area contributed by atoms with Gasteiger partial charge >= 0.3 is 6.03 Å². The zero-order valence-corrected chi connectivity index (χ0v) is 27.0. The first-order valence-electron chi connectivity index (χ1n) is 14.9. The molecule has 0 saturated carbocycles. The Labute approximate surface area is 267 Å². The number of anilines is 1. The number of halogens is 1. The van der Waals surface area contributed by atoms with Gasteiger partial charge < -0.3 is 25.6 Å². The lowest BCUT2D eigenvalue weighted by atomic mass is 9.71. The molecule has 1 unspecified atom stereocenters. The molecule has 0 spiro atoms. The number of carbonyl (C=O) groups is 3. The Morgan fingerprint density at radius 3 is 2.30 bits per heavy atom. The van der Waals surface area contributed by atoms with Crippen molar-refractivity contribution in [2.45, 2.75) is 30.8 Å². The lowest BCUT2D eigenvalue weighted by molar-refractivity contribution is -0.0436. The molecule has 232 valence electrons. The minimum Gasteiger partial charge on any atom is -0.497 e. The van der Waals surface area contributed by atoms with E-state index in [9.17, 15) is 14.4 Å². The molecule has 10 heteroatoms. The van der Waals surface area contributed by atoms with Crippen LogP contribution in [0.5, 0.6) is 5.75 Å². The van der Waals surface area contributed by atoms with Crippen molar-refractivity contribution in [2.75, 3.05) is 52.7 Å². The second-order valence-corrected chi connectivity index (χ2v) is 12.9. The lowest BCUT2D eigenvalue weighted by Gasteiger charge is -2.58. The van der Waals surface area contributed by atoms with Crippen molar-refractivity contribution >= 4 is 39.3 Å². The van der Waals surface area contributed by atoms with E-state index >= 15 is 0 Å². The van der Waals surface area contributed by atoms with E-state index in [0.717, 1.165) is 35.3 Å². The van der Waals surface area contributed by atoms with Crippen molar-refractivity contribution < 1.29 is 19.1 Å². The topological polar surface area (TPSA) is 108 Å². The number of hydrogen-bond donors (Lipinski definition) is 2. The van der Waals surface area contributed by atoms with E-state index in [0.29, 0.717) is 24.3 Å². The molecule has 5 rings (SSSR count). The van der Waals surface area contributed by atoms with E-state index in [2.05, 4.69) is 43.2 Å². The molecule has 0 radical (unpaired) electrons. The van der Waals surface area contributed by atoms with E-state index in [1.807, 2.05) is 55.4 Å². The van der Waals surface area contributed by atoms with E-state index in [1.165, 1.54) is 0 Å². The summed E-state index contributed by atoms with van der Waals surface area (Å²) in [6.07, 6.45) is 1.13. The first-order valence-corrected chi connectivity index (χ1v) is 15.7. The first-order chi connectivity index (χ1) is 21.1. The maximum atomic E-state index is 13.8. The highest BCUT2D eigenvalue weighted by Crippen LogP contribution is 2.45. The number of primary amides is 1. The third-order valence-electron chi connectivity index (χ3n) is 8.76. The van der Waals surface area contributed by atoms with Crippen LogP contribution in [0.15, 0.2) is 77.3 Å². The number of methoxy groups -OCH3 is 1. The number of nitrogens with two attached hydrogens (primary N) is 1. The smallest absolute Gasteiger partial charge is 0.321 e. The van der Waals surface area contributed by atoms with Crippen LogP contribution in [0.2, 0.25) is 0 Å². The number of urea groups is 1. The molecule has 2 fully saturated rings. The van der Waals surface area contributed by atoms with Crippen LogP contribution in [-0.4, -0.2) is 91.9 Å². The van der Waals surface area contributed by atoms with E-state index in [-0.39, 0.29) is 47.7 Å². The predicted molar refractivity (Wildman–Crippen MR) is 175 cm³/mol. The summed E-state index contributed by atoms with van der Waals surface area (Å²) in [5, 5.41) is 3.08. The largest absolute Gasteiger partial charge is 0.497 e. The Hall–Kier alpha value is -3.73. The molecule has 2 aliphatic heterocycles. The van der Waals surface area contributed by atoms with Crippen LogP contribution in [0.1, 0.15) is 45.0 Å². The molecule has 3 aromatic carbocycles. The predicted octanol–water partition coefficient (Wildman–Crippen LogP) is 5.08. The Morgan fingerprint density at radius 2 is 1.66 bits per heavy atom. The van der Waals surface area contributed by atoms with Crippen LogP contribution in [0.4, 0.5) is 10.5 Å². The van der Waals surface area contributed by atoms with Crippen molar-refractivity contribution in [3.8, 4) is 5.75 Å². The summed E-state index contributed by atoms with van der Waals surface area (Å²) in [5.41, 5.74) is 8.04. The van der Waals surface area contributed by atoms with E-state index in [4.69, 9.17) is 10.5 Å². The first kappa shape index (κ1) is 31.7. The third kappa shape index (κ3) is 7.14. The third-order valence-corrected chi connectivity index (χ3v) is 9.29. The van der Waals surface area contributed by atoms with Gasteiger partial charge in [0.1, 0.15) is 5.75 Å². The lowest BCUT2D eigenvalue weighted by Crippen LogP contribution is -2.68. The van der Waals surface area contributed by atoms with Crippen molar-refractivity contribution in [1.82, 2.24) is 14.7 Å². The molecule has 3 amide bonds. The van der Waals surface area contributed by atoms with Crippen LogP contribution in [-0.2, 0) is 0 Å². The number of carbonyl (C=O) groups excluding carboxylic acids is 3. The van der Waals surface area contributed by atoms with Crippen molar-refractivity contribution in [3.05, 3.63) is 94.0 Å². The Balaban J connectivity index is 1.44. The van der Waals surface area contributed by atoms with Gasteiger partial charge in [0.15, 0.2) is 5.78 Å². The number of rotatable bonds is 9. The molecule has 2 heterocycles. The molecule has 0 aromatic heterocycles. The Bertz CT molecular complexity index is 1480. The number of nitrogens with zero attached hydrogens (tertiary/aromatic N) is 3. The van der Waals surface area contributed by atoms with Gasteiger partial charge in [0, 0.05) is 65.3 Å². The summed E-state index contributed by atoms with van der Waals surface area (Å²) < 4.78 is 6.24. The molecule has 3 N–H and O–H groups in total. The molecular weight excluding hydrogens is 622 g/mol. The zero-order valence-electron chi connectivity index (χ0n) is 25.4. The highest BCUT2D eigenvalue weighted by atomic mass is 79.9. The number of benzene rings is 3. The van der Waals surface area contributed by atoms with Crippen molar-refractivity contribution in [3.63, 3.8) is 0 Å². The van der Waals surface area contributed by atoms with E-state index in [1.54, 1.807) is 31.4 Å². The van der Waals surface area contributed by atoms with Crippen LogP contribution in [0, 0.1) is 5.92 Å². The average molecular weight is 663 g/mol. The number of ether oxygens (including phenoxy) is 1. The van der Waals surface area contributed by atoms with Crippen molar-refractivity contribution in [1.29, 1.82) is 0 Å². The van der Waals surface area contributed by atoms with Crippen molar-refractivity contribution in [2.24, 2.45) is 11.7 Å². The fraction of sp³-hybridized carbons (Fsp3) is 0.382. The monoisotopic (exact) mass is 661 g/mol. The minimum absolute atomic E-state index is 0.0227. The SMILES string of the molecule is COc1ccc(NC(=O)N2CC(CN(C)C)CCN3[C@H](CC(=O)c4ccccc4C(N)=O)[C@H](c4ccc(Br)cc4)[C@@H]3C2)cc1. The van der Waals surface area contributed by atoms with Gasteiger partial charge in [0.25, 0.3) is 0 Å². The maximum Gasteiger partial charge on any atom is 0.321 e. The highest BCUT2D eigenvalue weighted by molar-refractivity contribution is 9.10. The van der Waals surface area contributed by atoms with Crippen LogP contribution in [0.25, 0.3) is 0 Å². The van der Waals surface area contributed by atoms with Gasteiger partial charge in [-0.1, -0.05) is 46.3 Å². The minimum atomic E-state index is -0.610. The molecule has 44 heavy (non-hydrogen) atoms. The number of amides is 3. The Morgan fingerprint density at radius 1 is 0.977 bits per heavy atom. The van der Waals surface area contributed by atoms with Gasteiger partial charge in [-0.05, 0) is 81.0 Å². The molecule has 3 aromatic rings. The van der Waals surface area contributed by atoms with Gasteiger partial charge in [0.05, 0.1) is 7.11 Å². The average Bonchev–Trinajstić information content (AvgIpc) is 2.99. The molecule has 0 aliphatic carbocycles. The fourth-order valence-electron chi connectivity index (χ4n) is 6.72. The number of ketones is 1. The molecule has 9 nitrogen and oxygen atoms in total. The van der Waals surface area contributed by atoms with Crippen LogP contribution in [0.3, 0.4) is 0 Å². The highest BCUT2D eigenvalue weighted by Gasteiger charge is 2.51. The van der Waals surface area contributed by atoms with Gasteiger partial charge in [-0.15, -0.1) is 0 Å².